The first kappa shape index (κ1) is 13.3. The zero-order valence-electron chi connectivity index (χ0n) is 9.34. The molecule has 92 valence electrons. The maximum absolute atomic E-state index is 11.7. The van der Waals surface area contributed by atoms with Crippen molar-refractivity contribution in [3.63, 3.8) is 0 Å². The molecule has 7 heteroatoms. The number of nitro groups is 1. The van der Waals surface area contributed by atoms with E-state index in [-0.39, 0.29) is 22.3 Å². The fourth-order valence-corrected chi connectivity index (χ4v) is 1.54. The van der Waals surface area contributed by atoms with Gasteiger partial charge in [-0.25, -0.2) is 4.79 Å². The summed E-state index contributed by atoms with van der Waals surface area (Å²) in [5.41, 5.74) is 4.70. The van der Waals surface area contributed by atoms with E-state index in [1.165, 1.54) is 12.1 Å². The maximum Gasteiger partial charge on any atom is 0.346 e. The van der Waals surface area contributed by atoms with Crippen molar-refractivity contribution in [2.24, 2.45) is 0 Å². The zero-order chi connectivity index (χ0) is 13.2. The second-order valence-corrected chi connectivity index (χ2v) is 4.09. The predicted octanol–water partition coefficient (Wildman–Crippen LogP) is 2.03. The SMILES string of the molecule is CC(C)OC(=O)c1c(S)ccc(N)c1[N+](=O)[O-]. The number of nitrogens with zero attached hydrogens (tertiary/aromatic N) is 1. The van der Waals surface area contributed by atoms with Crippen molar-refractivity contribution in [2.45, 2.75) is 24.8 Å². The van der Waals surface area contributed by atoms with E-state index in [0.29, 0.717) is 0 Å². The molecule has 17 heavy (non-hydrogen) atoms. The number of esters is 1. The lowest BCUT2D eigenvalue weighted by Crippen LogP contribution is -2.15. The molecule has 0 aliphatic rings. The summed E-state index contributed by atoms with van der Waals surface area (Å²) in [5.74, 6) is -0.802. The van der Waals surface area contributed by atoms with Gasteiger partial charge in [0.2, 0.25) is 0 Å². The van der Waals surface area contributed by atoms with Crippen LogP contribution >= 0.6 is 12.6 Å². The van der Waals surface area contributed by atoms with Crippen LogP contribution in [0.5, 0.6) is 0 Å². The van der Waals surface area contributed by atoms with Crippen LogP contribution in [0.1, 0.15) is 24.2 Å². The average Bonchev–Trinajstić information content (AvgIpc) is 2.19. The number of carbonyl (C=O) groups is 1. The molecule has 0 saturated heterocycles. The highest BCUT2D eigenvalue weighted by Crippen LogP contribution is 2.31. The summed E-state index contributed by atoms with van der Waals surface area (Å²) in [6.07, 6.45) is -0.378. The molecule has 1 aromatic carbocycles. The minimum absolute atomic E-state index is 0.0940. The van der Waals surface area contributed by atoms with Crippen LogP contribution in [0.2, 0.25) is 0 Å². The average molecular weight is 256 g/mol. The van der Waals surface area contributed by atoms with Gasteiger partial charge in [-0.05, 0) is 26.0 Å². The number of hydrogen-bond acceptors (Lipinski definition) is 6. The molecule has 0 atom stereocenters. The Morgan fingerprint density at radius 1 is 1.53 bits per heavy atom. The van der Waals surface area contributed by atoms with Crippen molar-refractivity contribution >= 4 is 30.0 Å². The van der Waals surface area contributed by atoms with Crippen molar-refractivity contribution in [3.05, 3.63) is 27.8 Å². The Kier molecular flexibility index (Phi) is 3.95. The summed E-state index contributed by atoms with van der Waals surface area (Å²) in [7, 11) is 0. The molecule has 0 radical (unpaired) electrons. The van der Waals surface area contributed by atoms with Gasteiger partial charge in [-0.3, -0.25) is 10.1 Å². The lowest BCUT2D eigenvalue weighted by molar-refractivity contribution is -0.384. The second-order valence-electron chi connectivity index (χ2n) is 3.61. The summed E-state index contributed by atoms with van der Waals surface area (Å²) >= 11 is 4.01. The highest BCUT2D eigenvalue weighted by molar-refractivity contribution is 7.80. The van der Waals surface area contributed by atoms with E-state index < -0.39 is 16.6 Å². The Bertz CT molecular complexity index is 474. The topological polar surface area (TPSA) is 95.5 Å². The van der Waals surface area contributed by atoms with Gasteiger partial charge in [0.25, 0.3) is 0 Å². The molecule has 0 saturated carbocycles. The molecular formula is C10H12N2O4S. The molecular weight excluding hydrogens is 244 g/mol. The quantitative estimate of drug-likeness (QED) is 0.283. The van der Waals surface area contributed by atoms with Crippen LogP contribution in [0.25, 0.3) is 0 Å². The molecule has 0 spiro atoms. The lowest BCUT2D eigenvalue weighted by atomic mass is 10.1. The number of rotatable bonds is 3. The van der Waals surface area contributed by atoms with Crippen LogP contribution in [0, 0.1) is 10.1 Å². The highest BCUT2D eigenvalue weighted by atomic mass is 32.1. The summed E-state index contributed by atoms with van der Waals surface area (Å²) in [5, 5.41) is 10.9. The third kappa shape index (κ3) is 2.88. The summed E-state index contributed by atoms with van der Waals surface area (Å²) in [6, 6.07) is 2.75. The van der Waals surface area contributed by atoms with E-state index in [4.69, 9.17) is 10.5 Å². The summed E-state index contributed by atoms with van der Waals surface area (Å²) in [4.78, 5) is 22.0. The molecule has 0 aliphatic heterocycles. The molecule has 0 bridgehead atoms. The normalized spacial score (nSPS) is 10.4. The minimum atomic E-state index is -0.802. The number of thiol groups is 1. The Morgan fingerprint density at radius 3 is 2.59 bits per heavy atom. The highest BCUT2D eigenvalue weighted by Gasteiger charge is 2.27. The van der Waals surface area contributed by atoms with Gasteiger partial charge >= 0.3 is 11.7 Å². The summed E-state index contributed by atoms with van der Waals surface area (Å²) < 4.78 is 4.92. The number of nitrogen functional groups attached to an aromatic ring is 1. The zero-order valence-corrected chi connectivity index (χ0v) is 10.2. The van der Waals surface area contributed by atoms with E-state index in [0.717, 1.165) is 0 Å². The van der Waals surface area contributed by atoms with Crippen molar-refractivity contribution in [2.75, 3.05) is 5.73 Å². The molecule has 1 rings (SSSR count). The fourth-order valence-electron chi connectivity index (χ4n) is 1.27. The number of anilines is 1. The van der Waals surface area contributed by atoms with Crippen LogP contribution < -0.4 is 5.73 Å². The van der Waals surface area contributed by atoms with Crippen LogP contribution in [-0.4, -0.2) is 17.0 Å². The molecule has 0 fully saturated rings. The smallest absolute Gasteiger partial charge is 0.346 e. The number of benzene rings is 1. The molecule has 0 aliphatic carbocycles. The van der Waals surface area contributed by atoms with Crippen molar-refractivity contribution in [1.82, 2.24) is 0 Å². The number of nitro benzene ring substituents is 1. The van der Waals surface area contributed by atoms with Crippen molar-refractivity contribution in [3.8, 4) is 0 Å². The number of ether oxygens (including phenoxy) is 1. The van der Waals surface area contributed by atoms with E-state index in [2.05, 4.69) is 12.6 Å². The molecule has 0 aromatic heterocycles. The van der Waals surface area contributed by atoms with E-state index >= 15 is 0 Å². The van der Waals surface area contributed by atoms with Gasteiger partial charge in [0.05, 0.1) is 11.0 Å². The minimum Gasteiger partial charge on any atom is -0.459 e. The molecule has 6 nitrogen and oxygen atoms in total. The molecule has 0 heterocycles. The first-order valence-electron chi connectivity index (χ1n) is 4.81. The van der Waals surface area contributed by atoms with Gasteiger partial charge in [0, 0.05) is 4.90 Å². The van der Waals surface area contributed by atoms with Crippen LogP contribution in [0.4, 0.5) is 11.4 Å². The largest absolute Gasteiger partial charge is 0.459 e. The third-order valence-electron chi connectivity index (χ3n) is 1.92. The summed E-state index contributed by atoms with van der Waals surface area (Å²) in [6.45, 7) is 3.29. The maximum atomic E-state index is 11.7. The monoisotopic (exact) mass is 256 g/mol. The van der Waals surface area contributed by atoms with E-state index in [1.807, 2.05) is 0 Å². The first-order valence-corrected chi connectivity index (χ1v) is 5.26. The Morgan fingerprint density at radius 2 is 2.12 bits per heavy atom. The van der Waals surface area contributed by atoms with Gasteiger partial charge in [-0.2, -0.15) is 0 Å². The van der Waals surface area contributed by atoms with Crippen molar-refractivity contribution < 1.29 is 14.5 Å². The van der Waals surface area contributed by atoms with E-state index in [1.54, 1.807) is 13.8 Å². The van der Waals surface area contributed by atoms with Gasteiger partial charge in [-0.1, -0.05) is 0 Å². The van der Waals surface area contributed by atoms with E-state index in [9.17, 15) is 14.9 Å². The van der Waals surface area contributed by atoms with Crippen LogP contribution in [-0.2, 0) is 4.74 Å². The lowest BCUT2D eigenvalue weighted by Gasteiger charge is -2.10. The Labute approximate surface area is 103 Å². The van der Waals surface area contributed by atoms with Crippen LogP contribution in [0.15, 0.2) is 17.0 Å². The number of nitrogens with two attached hydrogens (primary N) is 1. The van der Waals surface area contributed by atoms with Gasteiger partial charge < -0.3 is 10.5 Å². The van der Waals surface area contributed by atoms with Crippen LogP contribution in [0.3, 0.4) is 0 Å². The molecule has 0 unspecified atom stereocenters. The predicted molar refractivity (Wildman–Crippen MR) is 65.3 cm³/mol. The fraction of sp³-hybridized carbons (Fsp3) is 0.300. The molecule has 2 N–H and O–H groups in total. The Balaban J connectivity index is 3.35. The standard InChI is InChI=1S/C10H12N2O4S/c1-5(2)16-10(13)8-7(17)4-3-6(11)9(8)12(14)15/h3-5,17H,11H2,1-2H3. The number of hydrogen-bond donors (Lipinski definition) is 2. The van der Waals surface area contributed by atoms with Gasteiger partial charge in [0.15, 0.2) is 5.56 Å². The van der Waals surface area contributed by atoms with Crippen molar-refractivity contribution in [1.29, 1.82) is 0 Å². The Hall–Kier alpha value is -1.76. The molecule has 0 amide bonds. The van der Waals surface area contributed by atoms with Gasteiger partial charge in [0.1, 0.15) is 5.69 Å². The first-order chi connectivity index (χ1) is 7.84. The van der Waals surface area contributed by atoms with Gasteiger partial charge in [-0.15, -0.1) is 12.6 Å². The third-order valence-corrected chi connectivity index (χ3v) is 2.29. The number of carbonyl (C=O) groups excluding carboxylic acids is 1. The second kappa shape index (κ2) is 5.05. The molecule has 1 aromatic rings.